The second-order valence-corrected chi connectivity index (χ2v) is 8.34. The molecule has 1 aromatic carbocycles. The summed E-state index contributed by atoms with van der Waals surface area (Å²) in [6, 6.07) is 6.25. The van der Waals surface area contributed by atoms with Gasteiger partial charge in [0, 0.05) is 38.3 Å². The van der Waals surface area contributed by atoms with Crippen molar-refractivity contribution < 1.29 is 14.1 Å². The molecule has 2 aromatic rings. The fraction of sp³-hybridized carbons (Fsp3) is 0.565. The first-order chi connectivity index (χ1) is 13.8. The van der Waals surface area contributed by atoms with Gasteiger partial charge in [0.25, 0.3) is 5.91 Å². The van der Waals surface area contributed by atoms with Crippen LogP contribution in [0.2, 0.25) is 0 Å². The Morgan fingerprint density at radius 2 is 1.83 bits per heavy atom. The van der Waals surface area contributed by atoms with Gasteiger partial charge in [0.1, 0.15) is 11.5 Å². The Labute approximate surface area is 173 Å². The predicted octanol–water partition coefficient (Wildman–Crippen LogP) is 3.83. The van der Waals surface area contributed by atoms with Crippen molar-refractivity contribution in [1.82, 2.24) is 15.0 Å². The first-order valence-corrected chi connectivity index (χ1v) is 10.5. The summed E-state index contributed by atoms with van der Waals surface area (Å²) >= 11 is 0. The quantitative estimate of drug-likeness (QED) is 0.739. The highest BCUT2D eigenvalue weighted by Gasteiger charge is 2.27. The average molecular weight is 400 g/mol. The molecule has 0 spiro atoms. The number of benzene rings is 1. The number of carbonyl (C=O) groups is 1. The largest absolute Gasteiger partial charge is 0.481 e. The molecule has 0 radical (unpaired) electrons. The molecule has 1 fully saturated rings. The lowest BCUT2D eigenvalue weighted by molar-refractivity contribution is -0.139. The lowest BCUT2D eigenvalue weighted by atomic mass is 10.0. The van der Waals surface area contributed by atoms with Gasteiger partial charge in [0.2, 0.25) is 0 Å². The number of ether oxygens (including phenoxy) is 1. The molecule has 1 amide bonds. The van der Waals surface area contributed by atoms with Crippen molar-refractivity contribution in [3.63, 3.8) is 0 Å². The van der Waals surface area contributed by atoms with E-state index in [1.54, 1.807) is 0 Å². The molecule has 1 aliphatic heterocycles. The minimum Gasteiger partial charge on any atom is -0.481 e. The molecule has 1 aromatic heterocycles. The maximum Gasteiger partial charge on any atom is 0.263 e. The lowest BCUT2D eigenvalue weighted by Gasteiger charge is -2.35. The third kappa shape index (κ3) is 4.99. The van der Waals surface area contributed by atoms with Gasteiger partial charge >= 0.3 is 0 Å². The predicted molar refractivity (Wildman–Crippen MR) is 113 cm³/mol. The van der Waals surface area contributed by atoms with E-state index in [0.717, 1.165) is 48.0 Å². The SMILES string of the molecule is Cc1ccc(C(C)C)cc1OC(C)C(=O)N1CCN(Cc2c(C)noc2C)CC1. The van der Waals surface area contributed by atoms with E-state index in [-0.39, 0.29) is 5.91 Å². The van der Waals surface area contributed by atoms with Crippen LogP contribution in [0.1, 0.15) is 54.8 Å². The summed E-state index contributed by atoms with van der Waals surface area (Å²) in [6.45, 7) is 16.0. The van der Waals surface area contributed by atoms with Crippen molar-refractivity contribution in [3.05, 3.63) is 46.3 Å². The fourth-order valence-electron chi connectivity index (χ4n) is 3.68. The Hall–Kier alpha value is -2.34. The van der Waals surface area contributed by atoms with Crippen LogP contribution in [0.3, 0.4) is 0 Å². The topological polar surface area (TPSA) is 58.8 Å². The molecular formula is C23H33N3O3. The average Bonchev–Trinajstić information content (AvgIpc) is 3.01. The Balaban J connectivity index is 1.56. The molecule has 0 bridgehead atoms. The maximum absolute atomic E-state index is 12.9. The Bertz CT molecular complexity index is 832. The van der Waals surface area contributed by atoms with Gasteiger partial charge in [0.15, 0.2) is 6.10 Å². The molecule has 1 unspecified atom stereocenters. The zero-order valence-electron chi connectivity index (χ0n) is 18.5. The van der Waals surface area contributed by atoms with Gasteiger partial charge in [-0.1, -0.05) is 31.1 Å². The summed E-state index contributed by atoms with van der Waals surface area (Å²) in [5, 5.41) is 4.03. The molecule has 0 aliphatic carbocycles. The molecule has 6 heteroatoms. The number of hydrogen-bond acceptors (Lipinski definition) is 5. The Kier molecular flexibility index (Phi) is 6.63. The first-order valence-electron chi connectivity index (χ1n) is 10.5. The van der Waals surface area contributed by atoms with Crippen LogP contribution in [0.4, 0.5) is 0 Å². The van der Waals surface area contributed by atoms with Crippen molar-refractivity contribution in [3.8, 4) is 5.75 Å². The second kappa shape index (κ2) is 8.99. The van der Waals surface area contributed by atoms with E-state index in [2.05, 4.69) is 42.1 Å². The fourth-order valence-corrected chi connectivity index (χ4v) is 3.68. The monoisotopic (exact) mass is 399 g/mol. The zero-order chi connectivity index (χ0) is 21.1. The van der Waals surface area contributed by atoms with E-state index in [0.29, 0.717) is 19.0 Å². The van der Waals surface area contributed by atoms with Crippen LogP contribution >= 0.6 is 0 Å². The number of amides is 1. The Morgan fingerprint density at radius 3 is 2.41 bits per heavy atom. The molecule has 1 aliphatic rings. The summed E-state index contributed by atoms with van der Waals surface area (Å²) in [4.78, 5) is 17.2. The van der Waals surface area contributed by atoms with Crippen molar-refractivity contribution >= 4 is 5.91 Å². The van der Waals surface area contributed by atoms with E-state index in [4.69, 9.17) is 9.26 Å². The third-order valence-electron chi connectivity index (χ3n) is 5.78. The van der Waals surface area contributed by atoms with Gasteiger partial charge in [-0.3, -0.25) is 9.69 Å². The van der Waals surface area contributed by atoms with Gasteiger partial charge in [-0.25, -0.2) is 0 Å². The number of aromatic nitrogens is 1. The standard InChI is InChI=1S/C23H33N3O3/c1-15(2)20-8-7-16(3)22(13-20)28-19(6)23(27)26-11-9-25(10-12-26)14-21-17(4)24-29-18(21)5/h7-8,13,15,19H,9-12,14H2,1-6H3. The third-order valence-corrected chi connectivity index (χ3v) is 5.78. The zero-order valence-corrected chi connectivity index (χ0v) is 18.5. The first kappa shape index (κ1) is 21.4. The van der Waals surface area contributed by atoms with Gasteiger partial charge in [-0.2, -0.15) is 0 Å². The van der Waals surface area contributed by atoms with Crippen molar-refractivity contribution in [2.45, 2.75) is 60.1 Å². The number of piperazine rings is 1. The molecule has 29 heavy (non-hydrogen) atoms. The smallest absolute Gasteiger partial charge is 0.263 e. The number of nitrogens with zero attached hydrogens (tertiary/aromatic N) is 3. The summed E-state index contributed by atoms with van der Waals surface area (Å²) in [5.74, 6) is 2.15. The lowest BCUT2D eigenvalue weighted by Crippen LogP contribution is -2.51. The minimum absolute atomic E-state index is 0.0522. The van der Waals surface area contributed by atoms with Gasteiger partial charge < -0.3 is 14.2 Å². The van der Waals surface area contributed by atoms with Gasteiger partial charge in [-0.15, -0.1) is 0 Å². The summed E-state index contributed by atoms with van der Waals surface area (Å²) < 4.78 is 11.3. The van der Waals surface area contributed by atoms with Crippen LogP contribution in [0.15, 0.2) is 22.7 Å². The summed E-state index contributed by atoms with van der Waals surface area (Å²) in [6.07, 6.45) is -0.495. The van der Waals surface area contributed by atoms with Crippen LogP contribution in [-0.2, 0) is 11.3 Å². The minimum atomic E-state index is -0.495. The van der Waals surface area contributed by atoms with Crippen molar-refractivity contribution in [2.75, 3.05) is 26.2 Å². The van der Waals surface area contributed by atoms with Crippen LogP contribution in [0.25, 0.3) is 0 Å². The van der Waals surface area contributed by atoms with Crippen LogP contribution in [0.5, 0.6) is 5.75 Å². The van der Waals surface area contributed by atoms with E-state index >= 15 is 0 Å². The second-order valence-electron chi connectivity index (χ2n) is 8.34. The Morgan fingerprint density at radius 1 is 1.14 bits per heavy atom. The van der Waals surface area contributed by atoms with E-state index in [9.17, 15) is 4.79 Å². The van der Waals surface area contributed by atoms with E-state index in [1.165, 1.54) is 5.56 Å². The van der Waals surface area contributed by atoms with Crippen LogP contribution in [-0.4, -0.2) is 53.1 Å². The summed E-state index contributed by atoms with van der Waals surface area (Å²) in [7, 11) is 0. The molecule has 158 valence electrons. The molecule has 0 N–H and O–H groups in total. The molecule has 1 saturated heterocycles. The van der Waals surface area contributed by atoms with Crippen molar-refractivity contribution in [1.29, 1.82) is 0 Å². The van der Waals surface area contributed by atoms with E-state index < -0.39 is 6.10 Å². The molecule has 6 nitrogen and oxygen atoms in total. The normalized spacial score (nSPS) is 16.3. The molecule has 1 atom stereocenters. The van der Waals surface area contributed by atoms with Gasteiger partial charge in [0.05, 0.1) is 5.69 Å². The highest BCUT2D eigenvalue weighted by atomic mass is 16.5. The number of carbonyl (C=O) groups excluding carboxylic acids is 1. The molecule has 3 rings (SSSR count). The highest BCUT2D eigenvalue weighted by molar-refractivity contribution is 5.81. The van der Waals surface area contributed by atoms with Crippen LogP contribution in [0, 0.1) is 20.8 Å². The number of hydrogen-bond donors (Lipinski definition) is 0. The molecular weight excluding hydrogens is 366 g/mol. The molecule has 2 heterocycles. The summed E-state index contributed by atoms with van der Waals surface area (Å²) in [5.41, 5.74) is 4.38. The number of aryl methyl sites for hydroxylation is 3. The maximum atomic E-state index is 12.9. The van der Waals surface area contributed by atoms with E-state index in [1.807, 2.05) is 32.6 Å². The molecule has 0 saturated carbocycles. The highest BCUT2D eigenvalue weighted by Crippen LogP contribution is 2.25. The number of rotatable bonds is 6. The van der Waals surface area contributed by atoms with Crippen molar-refractivity contribution in [2.24, 2.45) is 0 Å². The van der Waals surface area contributed by atoms with Crippen LogP contribution < -0.4 is 4.74 Å². The van der Waals surface area contributed by atoms with Gasteiger partial charge in [-0.05, 0) is 50.8 Å².